The number of hydrogen-bond donors (Lipinski definition) is 0. The molecular weight excluding hydrogens is 264 g/mol. The lowest BCUT2D eigenvalue weighted by Gasteiger charge is -2.21. The second kappa shape index (κ2) is 6.56. The van der Waals surface area contributed by atoms with Crippen LogP contribution in [0.5, 0.6) is 0 Å². The van der Waals surface area contributed by atoms with Crippen molar-refractivity contribution in [1.29, 1.82) is 0 Å². The molecule has 0 aliphatic carbocycles. The number of rotatable bonds is 4. The Morgan fingerprint density at radius 2 is 1.94 bits per heavy atom. The zero-order valence-corrected chi connectivity index (χ0v) is 11.6. The van der Waals surface area contributed by atoms with Gasteiger partial charge in [-0.3, -0.25) is 4.79 Å². The van der Waals surface area contributed by atoms with Gasteiger partial charge < -0.3 is 9.80 Å². The van der Waals surface area contributed by atoms with E-state index >= 15 is 0 Å². The van der Waals surface area contributed by atoms with E-state index in [0.29, 0.717) is 19.0 Å². The number of hydrogen-bond acceptors (Lipinski definition) is 4. The van der Waals surface area contributed by atoms with Gasteiger partial charge in [-0.25, -0.2) is 8.42 Å². The van der Waals surface area contributed by atoms with Crippen LogP contribution in [0.4, 0.5) is 0 Å². The number of amides is 1. The third-order valence-electron chi connectivity index (χ3n) is 2.73. The summed E-state index contributed by atoms with van der Waals surface area (Å²) in [5.74, 6) is -0.0972. The summed E-state index contributed by atoms with van der Waals surface area (Å²) in [4.78, 5) is 15.6. The van der Waals surface area contributed by atoms with Gasteiger partial charge in [0.25, 0.3) is 0 Å². The molecule has 0 radical (unpaired) electrons. The molecule has 0 unspecified atom stereocenters. The fraction of sp³-hybridized carbons (Fsp3) is 0.900. The van der Waals surface area contributed by atoms with Gasteiger partial charge >= 0.3 is 0 Å². The van der Waals surface area contributed by atoms with Gasteiger partial charge in [-0.15, -0.1) is 11.6 Å². The molecule has 5 nitrogen and oxygen atoms in total. The molecule has 1 saturated heterocycles. The van der Waals surface area contributed by atoms with Gasteiger partial charge in [-0.2, -0.15) is 0 Å². The molecule has 0 aromatic heterocycles. The van der Waals surface area contributed by atoms with Crippen LogP contribution in [-0.4, -0.2) is 74.7 Å². The molecule has 0 aromatic carbocycles. The fourth-order valence-electron chi connectivity index (χ4n) is 1.88. The summed E-state index contributed by atoms with van der Waals surface area (Å²) in [5, 5.41) is 0. The first-order valence-corrected chi connectivity index (χ1v) is 8.25. The Kier molecular flexibility index (Phi) is 5.69. The topological polar surface area (TPSA) is 57.7 Å². The van der Waals surface area contributed by atoms with Crippen LogP contribution in [0.25, 0.3) is 0 Å². The molecule has 0 aromatic rings. The van der Waals surface area contributed by atoms with Crippen molar-refractivity contribution in [3.05, 3.63) is 0 Å². The molecule has 1 rings (SSSR count). The highest BCUT2D eigenvalue weighted by Crippen LogP contribution is 2.04. The van der Waals surface area contributed by atoms with Crippen molar-refractivity contribution in [2.24, 2.45) is 0 Å². The fourth-order valence-corrected chi connectivity index (χ4v) is 2.75. The lowest BCUT2D eigenvalue weighted by Crippen LogP contribution is -2.38. The Hall–Kier alpha value is -0.330. The Morgan fingerprint density at radius 3 is 2.53 bits per heavy atom. The lowest BCUT2D eigenvalue weighted by atomic mass is 10.4. The van der Waals surface area contributed by atoms with E-state index in [-0.39, 0.29) is 11.7 Å². The molecular formula is C10H19ClN2O3S. The molecule has 0 bridgehead atoms. The standard InChI is InChI=1S/C10H19ClN2O3S/c1-17(15,16)9-10(14)13-5-2-4-12(6-3-11)7-8-13/h2-9H2,1H3. The number of carbonyl (C=O) groups is 1. The maximum atomic E-state index is 11.7. The maximum absolute atomic E-state index is 11.7. The van der Waals surface area contributed by atoms with Crippen molar-refractivity contribution in [3.8, 4) is 0 Å². The van der Waals surface area contributed by atoms with E-state index in [1.165, 1.54) is 0 Å². The number of nitrogens with zero attached hydrogens (tertiary/aromatic N) is 2. The summed E-state index contributed by atoms with van der Waals surface area (Å²) in [6.45, 7) is 3.71. The zero-order valence-electron chi connectivity index (χ0n) is 10.1. The molecule has 1 aliphatic rings. The molecule has 17 heavy (non-hydrogen) atoms. The summed E-state index contributed by atoms with van der Waals surface area (Å²) < 4.78 is 22.1. The van der Waals surface area contributed by atoms with Crippen LogP contribution in [0.1, 0.15) is 6.42 Å². The lowest BCUT2D eigenvalue weighted by molar-refractivity contribution is -0.128. The van der Waals surface area contributed by atoms with Crippen LogP contribution in [0.15, 0.2) is 0 Å². The average molecular weight is 283 g/mol. The second-order valence-electron chi connectivity index (χ2n) is 4.34. The van der Waals surface area contributed by atoms with E-state index < -0.39 is 9.84 Å². The summed E-state index contributed by atoms with van der Waals surface area (Å²) >= 11 is 5.67. The smallest absolute Gasteiger partial charge is 0.237 e. The Bertz CT molecular complexity index is 359. The number of carbonyl (C=O) groups excluding carboxylic acids is 1. The third-order valence-corrected chi connectivity index (χ3v) is 3.67. The number of alkyl halides is 1. The minimum Gasteiger partial charge on any atom is -0.340 e. The van der Waals surface area contributed by atoms with E-state index in [9.17, 15) is 13.2 Å². The third kappa shape index (κ3) is 5.70. The van der Waals surface area contributed by atoms with E-state index in [2.05, 4.69) is 4.90 Å². The van der Waals surface area contributed by atoms with Gasteiger partial charge in [0, 0.05) is 38.3 Å². The minimum absolute atomic E-state index is 0.291. The molecule has 1 heterocycles. The summed E-state index contributed by atoms with van der Waals surface area (Å²) in [5.41, 5.74) is 0. The zero-order chi connectivity index (χ0) is 12.9. The highest BCUT2D eigenvalue weighted by atomic mass is 35.5. The van der Waals surface area contributed by atoms with Gasteiger partial charge in [0.2, 0.25) is 5.91 Å². The van der Waals surface area contributed by atoms with Crippen LogP contribution < -0.4 is 0 Å². The molecule has 0 N–H and O–H groups in total. The monoisotopic (exact) mass is 282 g/mol. The van der Waals surface area contributed by atoms with Crippen LogP contribution in [-0.2, 0) is 14.6 Å². The predicted molar refractivity (Wildman–Crippen MR) is 68.1 cm³/mol. The number of halogens is 1. The Balaban J connectivity index is 2.48. The summed E-state index contributed by atoms with van der Waals surface area (Å²) in [7, 11) is -3.23. The van der Waals surface area contributed by atoms with Gasteiger partial charge in [-0.05, 0) is 13.0 Å². The molecule has 1 fully saturated rings. The van der Waals surface area contributed by atoms with Gasteiger partial charge in [0.1, 0.15) is 5.75 Å². The first-order chi connectivity index (χ1) is 7.92. The van der Waals surface area contributed by atoms with Crippen molar-refractivity contribution >= 4 is 27.3 Å². The summed E-state index contributed by atoms with van der Waals surface area (Å²) in [6, 6.07) is 0. The van der Waals surface area contributed by atoms with Crippen LogP contribution in [0.3, 0.4) is 0 Å². The second-order valence-corrected chi connectivity index (χ2v) is 6.85. The van der Waals surface area contributed by atoms with Gasteiger partial charge in [0.05, 0.1) is 0 Å². The average Bonchev–Trinajstić information content (AvgIpc) is 2.41. The van der Waals surface area contributed by atoms with Crippen molar-refractivity contribution < 1.29 is 13.2 Å². The first-order valence-electron chi connectivity index (χ1n) is 5.66. The molecule has 0 spiro atoms. The van der Waals surface area contributed by atoms with Crippen molar-refractivity contribution in [3.63, 3.8) is 0 Å². The molecule has 100 valence electrons. The highest BCUT2D eigenvalue weighted by Gasteiger charge is 2.21. The normalized spacial score (nSPS) is 19.1. The van der Waals surface area contributed by atoms with Crippen LogP contribution in [0, 0.1) is 0 Å². The predicted octanol–water partition coefficient (Wildman–Crippen LogP) is -0.196. The molecule has 1 aliphatic heterocycles. The highest BCUT2D eigenvalue weighted by molar-refractivity contribution is 7.91. The first kappa shape index (κ1) is 14.7. The van der Waals surface area contributed by atoms with E-state index in [1.54, 1.807) is 4.90 Å². The molecule has 7 heteroatoms. The maximum Gasteiger partial charge on any atom is 0.237 e. The van der Waals surface area contributed by atoms with Crippen molar-refractivity contribution in [2.75, 3.05) is 50.6 Å². The van der Waals surface area contributed by atoms with Crippen LogP contribution >= 0.6 is 11.6 Å². The molecule has 0 saturated carbocycles. The Labute approximate surface area is 108 Å². The Morgan fingerprint density at radius 1 is 1.24 bits per heavy atom. The molecule has 1 amide bonds. The minimum atomic E-state index is -3.23. The SMILES string of the molecule is CS(=O)(=O)CC(=O)N1CCCN(CCCl)CC1. The van der Waals surface area contributed by atoms with E-state index in [0.717, 1.165) is 32.3 Å². The van der Waals surface area contributed by atoms with E-state index in [1.807, 2.05) is 0 Å². The van der Waals surface area contributed by atoms with E-state index in [4.69, 9.17) is 11.6 Å². The molecule has 0 atom stereocenters. The van der Waals surface area contributed by atoms with Crippen LogP contribution in [0.2, 0.25) is 0 Å². The largest absolute Gasteiger partial charge is 0.340 e. The van der Waals surface area contributed by atoms with Crippen molar-refractivity contribution in [2.45, 2.75) is 6.42 Å². The number of sulfone groups is 1. The van der Waals surface area contributed by atoms with Gasteiger partial charge in [-0.1, -0.05) is 0 Å². The van der Waals surface area contributed by atoms with Gasteiger partial charge in [0.15, 0.2) is 9.84 Å². The quantitative estimate of drug-likeness (QED) is 0.671. The van der Waals surface area contributed by atoms with Crippen molar-refractivity contribution in [1.82, 2.24) is 9.80 Å². The summed E-state index contributed by atoms with van der Waals surface area (Å²) in [6.07, 6.45) is 1.95.